The van der Waals surface area contributed by atoms with E-state index in [1.165, 1.54) is 5.56 Å². The first-order chi connectivity index (χ1) is 11.8. The molecule has 0 bridgehead atoms. The first-order valence-electron chi connectivity index (χ1n) is 8.74. The molecule has 2 atom stereocenters. The number of aryl methyl sites for hydroxylation is 1. The van der Waals surface area contributed by atoms with E-state index < -0.39 is 0 Å². The summed E-state index contributed by atoms with van der Waals surface area (Å²) in [6.45, 7) is 1.34. The molecule has 0 spiro atoms. The minimum atomic E-state index is -0.143. The van der Waals surface area contributed by atoms with Crippen molar-refractivity contribution in [2.45, 2.75) is 37.6 Å². The van der Waals surface area contributed by atoms with Crippen molar-refractivity contribution < 1.29 is 9.53 Å². The van der Waals surface area contributed by atoms with Gasteiger partial charge in [0.2, 0.25) is 5.91 Å². The molecule has 4 rings (SSSR count). The first kappa shape index (κ1) is 15.3. The Labute approximate surface area is 142 Å². The Balaban J connectivity index is 1.70. The number of fused-ring (bicyclic) bond motifs is 1. The molecule has 24 heavy (non-hydrogen) atoms. The second kappa shape index (κ2) is 6.73. The van der Waals surface area contributed by atoms with Gasteiger partial charge in [-0.25, -0.2) is 0 Å². The Morgan fingerprint density at radius 3 is 2.79 bits per heavy atom. The third-order valence-corrected chi connectivity index (χ3v) is 5.04. The summed E-state index contributed by atoms with van der Waals surface area (Å²) in [5.41, 5.74) is 3.15. The molecule has 4 heteroatoms. The van der Waals surface area contributed by atoms with Crippen LogP contribution in [0.2, 0.25) is 0 Å². The normalized spacial score (nSPS) is 22.8. The lowest BCUT2D eigenvalue weighted by Crippen LogP contribution is -2.44. The fourth-order valence-corrected chi connectivity index (χ4v) is 3.85. The summed E-state index contributed by atoms with van der Waals surface area (Å²) < 4.78 is 5.56. The van der Waals surface area contributed by atoms with Crippen LogP contribution >= 0.6 is 0 Å². The van der Waals surface area contributed by atoms with Crippen molar-refractivity contribution in [2.24, 2.45) is 0 Å². The van der Waals surface area contributed by atoms with Gasteiger partial charge in [-0.15, -0.1) is 0 Å². The van der Waals surface area contributed by atoms with E-state index in [1.54, 1.807) is 6.20 Å². The van der Waals surface area contributed by atoms with Crippen molar-refractivity contribution in [1.29, 1.82) is 0 Å². The highest BCUT2D eigenvalue weighted by molar-refractivity contribution is 5.98. The zero-order valence-electron chi connectivity index (χ0n) is 13.7. The maximum atomic E-state index is 13.5. The number of amides is 1. The molecule has 124 valence electrons. The van der Waals surface area contributed by atoms with Crippen molar-refractivity contribution in [1.82, 2.24) is 4.98 Å². The summed E-state index contributed by atoms with van der Waals surface area (Å²) in [7, 11) is 0. The second-order valence-electron chi connectivity index (χ2n) is 6.55. The van der Waals surface area contributed by atoms with E-state index in [0.29, 0.717) is 6.61 Å². The van der Waals surface area contributed by atoms with Crippen LogP contribution < -0.4 is 4.90 Å². The lowest BCUT2D eigenvalue weighted by Gasteiger charge is -2.33. The van der Waals surface area contributed by atoms with Crippen LogP contribution in [-0.2, 0) is 16.0 Å². The van der Waals surface area contributed by atoms with Crippen molar-refractivity contribution in [3.63, 3.8) is 0 Å². The van der Waals surface area contributed by atoms with Gasteiger partial charge in [0, 0.05) is 18.5 Å². The third-order valence-electron chi connectivity index (χ3n) is 5.04. The van der Waals surface area contributed by atoms with Crippen molar-refractivity contribution in [3.05, 3.63) is 59.9 Å². The van der Waals surface area contributed by atoms with Gasteiger partial charge in [0.15, 0.2) is 0 Å². The molecule has 2 heterocycles. The summed E-state index contributed by atoms with van der Waals surface area (Å²) in [4.78, 5) is 20.0. The molecular weight excluding hydrogens is 300 g/mol. The van der Waals surface area contributed by atoms with Crippen molar-refractivity contribution >= 4 is 11.6 Å². The van der Waals surface area contributed by atoms with E-state index in [1.807, 2.05) is 41.3 Å². The monoisotopic (exact) mass is 322 g/mol. The van der Waals surface area contributed by atoms with Crippen LogP contribution in [0.4, 0.5) is 5.69 Å². The molecule has 1 fully saturated rings. The number of hydrogen-bond donors (Lipinski definition) is 0. The fourth-order valence-electron chi connectivity index (χ4n) is 3.85. The molecule has 1 aromatic heterocycles. The van der Waals surface area contributed by atoms with Crippen LogP contribution in [0.1, 0.15) is 36.4 Å². The molecule has 0 unspecified atom stereocenters. The molecule has 4 nitrogen and oxygen atoms in total. The van der Waals surface area contributed by atoms with Crippen molar-refractivity contribution in [2.75, 3.05) is 18.1 Å². The molecule has 1 aliphatic carbocycles. The minimum Gasteiger partial charge on any atom is -0.379 e. The molecule has 0 saturated carbocycles. The SMILES string of the molecule is O=C([C@@H]1CCCc2cccnc21)N(c1ccccc1)[C@H]1CCOC1. The summed E-state index contributed by atoms with van der Waals surface area (Å²) in [6.07, 6.45) is 5.63. The number of ether oxygens (including phenoxy) is 1. The Morgan fingerprint density at radius 2 is 2.00 bits per heavy atom. The maximum absolute atomic E-state index is 13.5. The van der Waals surface area contributed by atoms with E-state index in [4.69, 9.17) is 4.74 Å². The lowest BCUT2D eigenvalue weighted by molar-refractivity contribution is -0.121. The van der Waals surface area contributed by atoms with Gasteiger partial charge in [-0.1, -0.05) is 24.3 Å². The van der Waals surface area contributed by atoms with Crippen LogP contribution in [0.25, 0.3) is 0 Å². The van der Waals surface area contributed by atoms with Gasteiger partial charge in [-0.3, -0.25) is 9.78 Å². The zero-order valence-corrected chi connectivity index (χ0v) is 13.7. The fraction of sp³-hybridized carbons (Fsp3) is 0.400. The van der Waals surface area contributed by atoms with E-state index in [9.17, 15) is 4.79 Å². The molecule has 1 aliphatic heterocycles. The highest BCUT2D eigenvalue weighted by atomic mass is 16.5. The predicted molar refractivity (Wildman–Crippen MR) is 93.1 cm³/mol. The number of pyridine rings is 1. The summed E-state index contributed by atoms with van der Waals surface area (Å²) in [6, 6.07) is 14.2. The third kappa shape index (κ3) is 2.82. The molecular formula is C20H22N2O2. The summed E-state index contributed by atoms with van der Waals surface area (Å²) >= 11 is 0. The molecule has 2 aromatic rings. The van der Waals surface area contributed by atoms with Gasteiger partial charge in [0.05, 0.1) is 24.3 Å². The first-order valence-corrected chi connectivity index (χ1v) is 8.74. The van der Waals surface area contributed by atoms with Crippen LogP contribution in [-0.4, -0.2) is 30.1 Å². The number of rotatable bonds is 3. The number of benzene rings is 1. The number of carbonyl (C=O) groups excluding carboxylic acids is 1. The molecule has 1 amide bonds. The standard InChI is InChI=1S/C20H22N2O2/c23-20(18-10-4-6-15-7-5-12-21-19(15)18)22(17-11-13-24-14-17)16-8-2-1-3-9-16/h1-3,5,7-9,12,17-18H,4,6,10-11,13-14H2/t17-,18+/m0/s1. The molecule has 1 saturated heterocycles. The smallest absolute Gasteiger partial charge is 0.236 e. The lowest BCUT2D eigenvalue weighted by atomic mass is 9.85. The second-order valence-corrected chi connectivity index (χ2v) is 6.55. The van der Waals surface area contributed by atoms with E-state index in [0.717, 1.165) is 43.7 Å². The van der Waals surface area contributed by atoms with Crippen molar-refractivity contribution in [3.8, 4) is 0 Å². The number of carbonyl (C=O) groups is 1. The summed E-state index contributed by atoms with van der Waals surface area (Å²) in [5, 5.41) is 0. The highest BCUT2D eigenvalue weighted by Gasteiger charge is 2.36. The van der Waals surface area contributed by atoms with Gasteiger partial charge in [0.1, 0.15) is 0 Å². The average Bonchev–Trinajstić information content (AvgIpc) is 3.16. The molecule has 0 radical (unpaired) electrons. The van der Waals surface area contributed by atoms with Gasteiger partial charge in [-0.05, 0) is 49.4 Å². The van der Waals surface area contributed by atoms with Gasteiger partial charge in [0.25, 0.3) is 0 Å². The van der Waals surface area contributed by atoms with Gasteiger partial charge >= 0.3 is 0 Å². The number of nitrogens with zero attached hydrogens (tertiary/aromatic N) is 2. The van der Waals surface area contributed by atoms with Gasteiger partial charge in [-0.2, -0.15) is 0 Å². The van der Waals surface area contributed by atoms with Crippen LogP contribution in [0.15, 0.2) is 48.7 Å². The highest BCUT2D eigenvalue weighted by Crippen LogP contribution is 2.34. The number of para-hydroxylation sites is 1. The van der Waals surface area contributed by atoms with Crippen LogP contribution in [0.5, 0.6) is 0 Å². The maximum Gasteiger partial charge on any atom is 0.236 e. The van der Waals surface area contributed by atoms with Crippen LogP contribution in [0.3, 0.4) is 0 Å². The van der Waals surface area contributed by atoms with E-state index in [2.05, 4.69) is 11.1 Å². The van der Waals surface area contributed by atoms with Crippen LogP contribution in [0, 0.1) is 0 Å². The largest absolute Gasteiger partial charge is 0.379 e. The molecule has 0 N–H and O–H groups in total. The zero-order chi connectivity index (χ0) is 16.4. The van der Waals surface area contributed by atoms with E-state index >= 15 is 0 Å². The molecule has 1 aromatic carbocycles. The Bertz CT molecular complexity index is 711. The topological polar surface area (TPSA) is 42.4 Å². The number of aromatic nitrogens is 1. The van der Waals surface area contributed by atoms with Gasteiger partial charge < -0.3 is 9.64 Å². The predicted octanol–water partition coefficient (Wildman–Crippen LogP) is 3.32. The van der Waals surface area contributed by atoms with E-state index in [-0.39, 0.29) is 17.9 Å². The quantitative estimate of drug-likeness (QED) is 0.870. The average molecular weight is 322 g/mol. The Kier molecular flexibility index (Phi) is 4.30. The number of anilines is 1. The Morgan fingerprint density at radius 1 is 1.12 bits per heavy atom. The summed E-state index contributed by atoms with van der Waals surface area (Å²) in [5.74, 6) is 0.0205. The molecule has 2 aliphatic rings. The Hall–Kier alpha value is -2.20. The minimum absolute atomic E-state index is 0.119. The number of hydrogen-bond acceptors (Lipinski definition) is 3.